The SMILES string of the molecule is Cc1ccc(N2CCOc3c(-c4nc5c(C(F)(F)F)cc(C(F)(F)F)cc5[nH]4)cccc32)nc1. The Morgan fingerprint density at radius 3 is 2.47 bits per heavy atom. The summed E-state index contributed by atoms with van der Waals surface area (Å²) in [5, 5.41) is 0. The fourth-order valence-electron chi connectivity index (χ4n) is 3.92. The van der Waals surface area contributed by atoms with Gasteiger partial charge in [0, 0.05) is 6.20 Å². The molecule has 5 rings (SSSR count). The van der Waals surface area contributed by atoms with Crippen LogP contribution in [0.1, 0.15) is 16.7 Å². The summed E-state index contributed by atoms with van der Waals surface area (Å²) in [6, 6.07) is 9.47. The van der Waals surface area contributed by atoms with Crippen LogP contribution in [0.3, 0.4) is 0 Å². The number of para-hydroxylation sites is 1. The van der Waals surface area contributed by atoms with Gasteiger partial charge in [0.15, 0.2) is 5.75 Å². The number of H-pyrrole nitrogens is 1. The molecule has 2 aromatic heterocycles. The lowest BCUT2D eigenvalue weighted by molar-refractivity contribution is -0.142. The van der Waals surface area contributed by atoms with Gasteiger partial charge in [0.25, 0.3) is 0 Å². The van der Waals surface area contributed by atoms with Crippen molar-refractivity contribution in [1.82, 2.24) is 15.0 Å². The number of anilines is 2. The van der Waals surface area contributed by atoms with Crippen LogP contribution in [-0.2, 0) is 12.4 Å². The van der Waals surface area contributed by atoms with Crippen LogP contribution in [0.4, 0.5) is 37.8 Å². The summed E-state index contributed by atoms with van der Waals surface area (Å²) < 4.78 is 86.3. The summed E-state index contributed by atoms with van der Waals surface area (Å²) in [5.74, 6) is 0.973. The molecule has 34 heavy (non-hydrogen) atoms. The predicted molar refractivity (Wildman–Crippen MR) is 113 cm³/mol. The van der Waals surface area contributed by atoms with E-state index in [2.05, 4.69) is 15.0 Å². The van der Waals surface area contributed by atoms with Crippen molar-refractivity contribution < 1.29 is 31.1 Å². The highest BCUT2D eigenvalue weighted by atomic mass is 19.4. The number of nitrogens with one attached hydrogen (secondary N) is 1. The molecule has 0 spiro atoms. The maximum atomic E-state index is 13.6. The largest absolute Gasteiger partial charge is 0.489 e. The van der Waals surface area contributed by atoms with Gasteiger partial charge in [-0.15, -0.1) is 0 Å². The van der Waals surface area contributed by atoms with Crippen LogP contribution in [0.15, 0.2) is 48.7 Å². The molecule has 0 amide bonds. The molecule has 0 saturated carbocycles. The first-order chi connectivity index (χ1) is 16.0. The quantitative estimate of drug-likeness (QED) is 0.334. The van der Waals surface area contributed by atoms with Crippen molar-refractivity contribution in [3.63, 3.8) is 0 Å². The number of halogens is 6. The van der Waals surface area contributed by atoms with Crippen molar-refractivity contribution in [1.29, 1.82) is 0 Å². The lowest BCUT2D eigenvalue weighted by Gasteiger charge is -2.31. The minimum atomic E-state index is -5.02. The summed E-state index contributed by atoms with van der Waals surface area (Å²) in [6.07, 6.45) is -8.26. The van der Waals surface area contributed by atoms with Gasteiger partial charge < -0.3 is 14.6 Å². The van der Waals surface area contributed by atoms with Gasteiger partial charge in [-0.2, -0.15) is 26.3 Å². The maximum Gasteiger partial charge on any atom is 0.418 e. The Hall–Kier alpha value is -3.76. The molecule has 0 radical (unpaired) electrons. The molecule has 0 aliphatic carbocycles. The number of ether oxygens (including phenoxy) is 1. The molecule has 1 N–H and O–H groups in total. The third-order valence-corrected chi connectivity index (χ3v) is 5.49. The van der Waals surface area contributed by atoms with Crippen molar-refractivity contribution in [2.75, 3.05) is 18.1 Å². The van der Waals surface area contributed by atoms with Gasteiger partial charge in [0.2, 0.25) is 0 Å². The molecule has 176 valence electrons. The van der Waals surface area contributed by atoms with Gasteiger partial charge in [-0.1, -0.05) is 12.1 Å². The van der Waals surface area contributed by atoms with Crippen LogP contribution in [0, 0.1) is 6.92 Å². The molecular formula is C23H16F6N4O. The highest BCUT2D eigenvalue weighted by Gasteiger charge is 2.39. The fourth-order valence-corrected chi connectivity index (χ4v) is 3.92. The van der Waals surface area contributed by atoms with Crippen LogP contribution in [0.5, 0.6) is 5.75 Å². The van der Waals surface area contributed by atoms with Gasteiger partial charge in [0.1, 0.15) is 23.8 Å². The van der Waals surface area contributed by atoms with E-state index < -0.39 is 29.0 Å². The number of benzene rings is 2. The molecule has 0 saturated heterocycles. The minimum Gasteiger partial charge on any atom is -0.489 e. The smallest absolute Gasteiger partial charge is 0.418 e. The second kappa shape index (κ2) is 7.64. The fraction of sp³-hybridized carbons (Fsp3) is 0.217. The van der Waals surface area contributed by atoms with Gasteiger partial charge in [0.05, 0.1) is 34.4 Å². The lowest BCUT2D eigenvalue weighted by Crippen LogP contribution is -2.29. The molecule has 0 atom stereocenters. The Morgan fingerprint density at radius 1 is 1.00 bits per heavy atom. The van der Waals surface area contributed by atoms with E-state index in [0.29, 0.717) is 35.4 Å². The molecule has 0 bridgehead atoms. The van der Waals surface area contributed by atoms with Crippen molar-refractivity contribution >= 4 is 22.5 Å². The van der Waals surface area contributed by atoms with Crippen molar-refractivity contribution in [2.24, 2.45) is 0 Å². The Bertz CT molecular complexity index is 1380. The standard InChI is InChI=1S/C23H16F6N4O/c1-12-5-6-18(30-11-12)33-7-8-34-20-14(3-2-4-17(20)33)21-31-16-10-13(22(24,25)26)9-15(19(16)32-21)23(27,28)29/h2-6,9-11H,7-8H2,1H3,(H,31,32). The van der Waals surface area contributed by atoms with Gasteiger partial charge >= 0.3 is 12.4 Å². The third kappa shape index (κ3) is 3.80. The van der Waals surface area contributed by atoms with Gasteiger partial charge in [-0.05, 0) is 42.8 Å². The molecular weight excluding hydrogens is 462 g/mol. The first-order valence-corrected chi connectivity index (χ1v) is 10.2. The summed E-state index contributed by atoms with van der Waals surface area (Å²) in [5.41, 5.74) is -1.92. The first-order valence-electron chi connectivity index (χ1n) is 10.2. The Morgan fingerprint density at radius 2 is 1.79 bits per heavy atom. The number of rotatable bonds is 2. The van der Waals surface area contributed by atoms with Crippen LogP contribution in [0.25, 0.3) is 22.4 Å². The number of nitrogens with zero attached hydrogens (tertiary/aromatic N) is 3. The molecule has 1 aliphatic rings. The number of alkyl halides is 6. The second-order valence-electron chi connectivity index (χ2n) is 7.85. The van der Waals surface area contributed by atoms with Crippen molar-refractivity contribution in [3.8, 4) is 17.1 Å². The second-order valence-corrected chi connectivity index (χ2v) is 7.85. The number of hydrogen-bond acceptors (Lipinski definition) is 4. The topological polar surface area (TPSA) is 54.0 Å². The maximum absolute atomic E-state index is 13.6. The molecule has 2 aromatic carbocycles. The summed E-state index contributed by atoms with van der Waals surface area (Å²) >= 11 is 0. The van der Waals surface area contributed by atoms with Crippen molar-refractivity contribution in [3.05, 3.63) is 65.4 Å². The average molecular weight is 478 g/mol. The zero-order valence-corrected chi connectivity index (χ0v) is 17.6. The normalized spacial score (nSPS) is 14.3. The van der Waals surface area contributed by atoms with Crippen LogP contribution >= 0.6 is 0 Å². The van der Waals surface area contributed by atoms with E-state index in [1.807, 2.05) is 24.0 Å². The zero-order chi connectivity index (χ0) is 24.3. The number of fused-ring (bicyclic) bond motifs is 2. The zero-order valence-electron chi connectivity index (χ0n) is 17.6. The minimum absolute atomic E-state index is 0.0320. The number of pyridine rings is 1. The summed E-state index contributed by atoms with van der Waals surface area (Å²) in [6.45, 7) is 2.66. The van der Waals surface area contributed by atoms with E-state index >= 15 is 0 Å². The van der Waals surface area contributed by atoms with E-state index in [9.17, 15) is 26.3 Å². The Kier molecular flexibility index (Phi) is 4.96. The molecule has 0 fully saturated rings. The third-order valence-electron chi connectivity index (χ3n) is 5.49. The molecule has 0 unspecified atom stereocenters. The van der Waals surface area contributed by atoms with E-state index in [1.165, 1.54) is 0 Å². The van der Waals surface area contributed by atoms with Gasteiger partial charge in [-0.25, -0.2) is 9.97 Å². The van der Waals surface area contributed by atoms with E-state index in [0.717, 1.165) is 5.56 Å². The van der Waals surface area contributed by atoms with Crippen molar-refractivity contribution in [2.45, 2.75) is 19.3 Å². The number of imidazole rings is 1. The van der Waals surface area contributed by atoms with Gasteiger partial charge in [-0.3, -0.25) is 0 Å². The molecule has 1 aliphatic heterocycles. The average Bonchev–Trinajstić information content (AvgIpc) is 3.21. The number of aryl methyl sites for hydroxylation is 1. The summed E-state index contributed by atoms with van der Waals surface area (Å²) in [7, 11) is 0. The molecule has 3 heterocycles. The summed E-state index contributed by atoms with van der Waals surface area (Å²) in [4.78, 5) is 13.0. The van der Waals surface area contributed by atoms with E-state index in [1.54, 1.807) is 24.4 Å². The first kappa shape index (κ1) is 22.1. The Balaban J connectivity index is 1.67. The molecule has 4 aromatic rings. The van der Waals surface area contributed by atoms with Crippen LogP contribution < -0.4 is 9.64 Å². The van der Waals surface area contributed by atoms with Crippen LogP contribution in [0.2, 0.25) is 0 Å². The highest BCUT2D eigenvalue weighted by Crippen LogP contribution is 2.44. The highest BCUT2D eigenvalue weighted by molar-refractivity contribution is 5.87. The predicted octanol–water partition coefficient (Wildman–Crippen LogP) is 6.50. The van der Waals surface area contributed by atoms with E-state index in [4.69, 9.17) is 4.74 Å². The lowest BCUT2D eigenvalue weighted by atomic mass is 10.1. The number of aromatic amines is 1. The number of aromatic nitrogens is 3. The Labute approximate surface area is 189 Å². The van der Waals surface area contributed by atoms with E-state index in [-0.39, 0.29) is 24.0 Å². The number of hydrogen-bond donors (Lipinski definition) is 1. The molecule has 11 heteroatoms. The monoisotopic (exact) mass is 478 g/mol. The van der Waals surface area contributed by atoms with Crippen LogP contribution in [-0.4, -0.2) is 28.1 Å². The molecule has 5 nitrogen and oxygen atoms in total.